The standard InChI is InChI=1S/C27H32ClN5OS/c1-31(2)16-17-33(19-21-8-4-3-5-9-21)26(34)23-12-10-22(11-13-23)20-35-27-29-24(28)18-25(30-27)32-14-6-7-15-32/h3-5,8-13,18H,6-7,14-17,19-20H2,1-2H3. The summed E-state index contributed by atoms with van der Waals surface area (Å²) in [5.74, 6) is 1.66. The van der Waals surface area contributed by atoms with Crippen molar-refractivity contribution in [3.63, 3.8) is 0 Å². The predicted octanol–water partition coefficient (Wildman–Crippen LogP) is 5.23. The van der Waals surface area contributed by atoms with Crippen LogP contribution in [-0.2, 0) is 12.3 Å². The summed E-state index contributed by atoms with van der Waals surface area (Å²) in [6.07, 6.45) is 2.38. The van der Waals surface area contributed by atoms with Crippen LogP contribution in [0.5, 0.6) is 0 Å². The van der Waals surface area contributed by atoms with Gasteiger partial charge in [0, 0.05) is 50.1 Å². The summed E-state index contributed by atoms with van der Waals surface area (Å²) in [7, 11) is 4.05. The molecule has 1 amide bonds. The average Bonchev–Trinajstić information content (AvgIpc) is 3.41. The fourth-order valence-corrected chi connectivity index (χ4v) is 5.05. The number of halogens is 1. The van der Waals surface area contributed by atoms with Gasteiger partial charge in [-0.2, -0.15) is 0 Å². The van der Waals surface area contributed by atoms with Crippen LogP contribution in [-0.4, -0.2) is 65.9 Å². The third-order valence-electron chi connectivity index (χ3n) is 5.98. The molecule has 0 unspecified atom stereocenters. The summed E-state index contributed by atoms with van der Waals surface area (Å²) in [6, 6.07) is 19.8. The molecular weight excluding hydrogens is 478 g/mol. The normalized spacial score (nSPS) is 13.4. The number of thioether (sulfide) groups is 1. The van der Waals surface area contributed by atoms with Crippen LogP contribution in [0.15, 0.2) is 65.8 Å². The van der Waals surface area contributed by atoms with Gasteiger partial charge in [-0.3, -0.25) is 4.79 Å². The van der Waals surface area contributed by atoms with Gasteiger partial charge in [-0.1, -0.05) is 65.8 Å². The van der Waals surface area contributed by atoms with Gasteiger partial charge < -0.3 is 14.7 Å². The Morgan fingerprint density at radius 1 is 0.971 bits per heavy atom. The number of hydrogen-bond acceptors (Lipinski definition) is 6. The first-order valence-corrected chi connectivity index (χ1v) is 13.3. The van der Waals surface area contributed by atoms with E-state index in [0.29, 0.717) is 34.7 Å². The SMILES string of the molecule is CN(C)CCN(Cc1ccccc1)C(=O)c1ccc(CSc2nc(Cl)cc(N3CCCC3)n2)cc1. The molecule has 0 atom stereocenters. The predicted molar refractivity (Wildman–Crippen MR) is 144 cm³/mol. The Morgan fingerprint density at radius 3 is 2.37 bits per heavy atom. The third kappa shape index (κ3) is 7.43. The van der Waals surface area contributed by atoms with Crippen LogP contribution in [0.2, 0.25) is 5.15 Å². The van der Waals surface area contributed by atoms with E-state index in [1.807, 2.05) is 67.5 Å². The smallest absolute Gasteiger partial charge is 0.254 e. The zero-order valence-electron chi connectivity index (χ0n) is 20.4. The first-order chi connectivity index (χ1) is 17.0. The molecule has 1 aromatic heterocycles. The minimum Gasteiger partial charge on any atom is -0.356 e. The molecule has 2 aromatic carbocycles. The van der Waals surface area contributed by atoms with E-state index in [1.165, 1.54) is 12.8 Å². The van der Waals surface area contributed by atoms with E-state index < -0.39 is 0 Å². The van der Waals surface area contributed by atoms with Gasteiger partial charge in [0.25, 0.3) is 5.91 Å². The lowest BCUT2D eigenvalue weighted by molar-refractivity contribution is 0.0732. The van der Waals surface area contributed by atoms with Gasteiger partial charge in [0.1, 0.15) is 11.0 Å². The van der Waals surface area contributed by atoms with Crippen molar-refractivity contribution in [3.8, 4) is 0 Å². The Balaban J connectivity index is 1.40. The molecule has 0 radical (unpaired) electrons. The summed E-state index contributed by atoms with van der Waals surface area (Å²) in [5, 5.41) is 1.15. The monoisotopic (exact) mass is 509 g/mol. The number of nitrogens with zero attached hydrogens (tertiary/aromatic N) is 5. The van der Waals surface area contributed by atoms with Gasteiger partial charge in [-0.05, 0) is 50.2 Å². The molecule has 35 heavy (non-hydrogen) atoms. The zero-order chi connectivity index (χ0) is 24.6. The molecule has 1 fully saturated rings. The fraction of sp³-hybridized carbons (Fsp3) is 0.370. The minimum absolute atomic E-state index is 0.0448. The minimum atomic E-state index is 0.0448. The number of hydrogen-bond donors (Lipinski definition) is 0. The molecule has 0 bridgehead atoms. The Labute approximate surface area is 217 Å². The molecule has 184 valence electrons. The molecule has 6 nitrogen and oxygen atoms in total. The second-order valence-electron chi connectivity index (χ2n) is 9.03. The number of carbonyl (C=O) groups excluding carboxylic acids is 1. The average molecular weight is 510 g/mol. The first-order valence-electron chi connectivity index (χ1n) is 12.0. The highest BCUT2D eigenvalue weighted by molar-refractivity contribution is 7.98. The molecule has 1 saturated heterocycles. The van der Waals surface area contributed by atoms with E-state index in [1.54, 1.807) is 11.8 Å². The lowest BCUT2D eigenvalue weighted by Crippen LogP contribution is -2.36. The summed E-state index contributed by atoms with van der Waals surface area (Å²) in [5.41, 5.74) is 2.94. The molecule has 3 aromatic rings. The molecule has 2 heterocycles. The van der Waals surface area contributed by atoms with Crippen molar-refractivity contribution in [1.29, 1.82) is 0 Å². The van der Waals surface area contributed by atoms with E-state index in [2.05, 4.69) is 26.9 Å². The second-order valence-corrected chi connectivity index (χ2v) is 10.4. The quantitative estimate of drug-likeness (QED) is 0.212. The molecule has 0 spiro atoms. The zero-order valence-corrected chi connectivity index (χ0v) is 21.9. The Hall–Kier alpha value is -2.61. The molecule has 0 aliphatic carbocycles. The second kappa shape index (κ2) is 12.4. The topological polar surface area (TPSA) is 52.6 Å². The maximum atomic E-state index is 13.3. The largest absolute Gasteiger partial charge is 0.356 e. The first kappa shape index (κ1) is 25.5. The number of benzene rings is 2. The highest BCUT2D eigenvalue weighted by atomic mass is 35.5. The lowest BCUT2D eigenvalue weighted by Gasteiger charge is -2.25. The van der Waals surface area contributed by atoms with Crippen molar-refractivity contribution in [1.82, 2.24) is 19.8 Å². The highest BCUT2D eigenvalue weighted by Gasteiger charge is 2.18. The van der Waals surface area contributed by atoms with E-state index >= 15 is 0 Å². The van der Waals surface area contributed by atoms with Gasteiger partial charge >= 0.3 is 0 Å². The van der Waals surface area contributed by atoms with Crippen molar-refractivity contribution in [2.75, 3.05) is 45.2 Å². The molecule has 0 N–H and O–H groups in total. The lowest BCUT2D eigenvalue weighted by atomic mass is 10.1. The number of likely N-dealkylation sites (N-methyl/N-ethyl adjacent to an activating group) is 1. The summed E-state index contributed by atoms with van der Waals surface area (Å²) in [6.45, 7) is 4.11. The summed E-state index contributed by atoms with van der Waals surface area (Å²) < 4.78 is 0. The molecular formula is C27H32ClN5OS. The van der Waals surface area contributed by atoms with Crippen LogP contribution in [0, 0.1) is 0 Å². The van der Waals surface area contributed by atoms with Crippen molar-refractivity contribution in [3.05, 3.63) is 82.5 Å². The van der Waals surface area contributed by atoms with Crippen LogP contribution < -0.4 is 4.90 Å². The van der Waals surface area contributed by atoms with E-state index in [9.17, 15) is 4.79 Å². The number of amides is 1. The van der Waals surface area contributed by atoms with Crippen LogP contribution in [0.1, 0.15) is 34.3 Å². The Morgan fingerprint density at radius 2 is 1.69 bits per heavy atom. The van der Waals surface area contributed by atoms with E-state index in [4.69, 9.17) is 16.6 Å². The molecule has 8 heteroatoms. The van der Waals surface area contributed by atoms with Crippen molar-refractivity contribution < 1.29 is 4.79 Å². The molecule has 1 aliphatic rings. The van der Waals surface area contributed by atoms with Crippen LogP contribution in [0.25, 0.3) is 0 Å². The number of rotatable bonds is 10. The molecule has 1 aliphatic heterocycles. The fourth-order valence-electron chi connectivity index (χ4n) is 4.01. The van der Waals surface area contributed by atoms with Crippen LogP contribution >= 0.6 is 23.4 Å². The van der Waals surface area contributed by atoms with E-state index in [0.717, 1.165) is 36.6 Å². The van der Waals surface area contributed by atoms with Gasteiger partial charge in [0.2, 0.25) is 0 Å². The van der Waals surface area contributed by atoms with Crippen LogP contribution in [0.4, 0.5) is 5.82 Å². The summed E-state index contributed by atoms with van der Waals surface area (Å²) in [4.78, 5) is 28.7. The maximum absolute atomic E-state index is 13.3. The van der Waals surface area contributed by atoms with Crippen molar-refractivity contribution >= 4 is 35.1 Å². The van der Waals surface area contributed by atoms with Gasteiger partial charge in [0.15, 0.2) is 5.16 Å². The third-order valence-corrected chi connectivity index (χ3v) is 7.09. The van der Waals surface area contributed by atoms with Gasteiger partial charge in [-0.25, -0.2) is 9.97 Å². The summed E-state index contributed by atoms with van der Waals surface area (Å²) >= 11 is 7.82. The highest BCUT2D eigenvalue weighted by Crippen LogP contribution is 2.26. The van der Waals surface area contributed by atoms with Gasteiger partial charge in [-0.15, -0.1) is 0 Å². The van der Waals surface area contributed by atoms with Crippen molar-refractivity contribution in [2.24, 2.45) is 0 Å². The number of aromatic nitrogens is 2. The van der Waals surface area contributed by atoms with E-state index in [-0.39, 0.29) is 5.91 Å². The number of anilines is 1. The molecule has 0 saturated carbocycles. The Kier molecular flexibility index (Phi) is 9.01. The van der Waals surface area contributed by atoms with Crippen LogP contribution in [0.3, 0.4) is 0 Å². The van der Waals surface area contributed by atoms with Crippen molar-refractivity contribution in [2.45, 2.75) is 30.3 Å². The van der Waals surface area contributed by atoms with Gasteiger partial charge in [0.05, 0.1) is 0 Å². The maximum Gasteiger partial charge on any atom is 0.254 e. The Bertz CT molecular complexity index is 1100. The number of carbonyl (C=O) groups is 1. The molecule has 4 rings (SSSR count).